The van der Waals surface area contributed by atoms with Crippen LogP contribution in [0.3, 0.4) is 0 Å². The molecular weight excluding hydrogens is 364 g/mol. The first-order valence-electron chi connectivity index (χ1n) is 10.8. The Kier molecular flexibility index (Phi) is 7.96. The number of amides is 1. The lowest BCUT2D eigenvalue weighted by molar-refractivity contribution is -0.135. The number of hydrogen-bond acceptors (Lipinski definition) is 3. The summed E-state index contributed by atoms with van der Waals surface area (Å²) in [6.07, 6.45) is 8.48. The minimum absolute atomic E-state index is 0.237. The topological polar surface area (TPSA) is 66.0 Å². The number of likely N-dealkylation sites (tertiary alicyclic amines) is 1. The molecule has 2 fully saturated rings. The molecule has 0 spiro atoms. The number of hydrogen-bond donors (Lipinski definition) is 2. The zero-order chi connectivity index (χ0) is 20.5. The van der Waals surface area contributed by atoms with Crippen LogP contribution in [0.4, 0.5) is 0 Å². The van der Waals surface area contributed by atoms with Gasteiger partial charge < -0.3 is 20.3 Å². The predicted molar refractivity (Wildman–Crippen MR) is 117 cm³/mol. The molecule has 29 heavy (non-hydrogen) atoms. The van der Waals surface area contributed by atoms with E-state index >= 15 is 0 Å². The molecule has 1 atom stereocenters. The molecule has 0 radical (unpaired) electrons. The molecule has 2 aliphatic rings. The van der Waals surface area contributed by atoms with Gasteiger partial charge in [0.15, 0.2) is 5.96 Å². The average Bonchev–Trinajstić information content (AvgIpc) is 3.24. The summed E-state index contributed by atoms with van der Waals surface area (Å²) in [7, 11) is 1.77. The van der Waals surface area contributed by atoms with E-state index in [1.807, 2.05) is 29.2 Å². The van der Waals surface area contributed by atoms with Crippen molar-refractivity contribution < 1.29 is 9.53 Å². The van der Waals surface area contributed by atoms with Crippen LogP contribution < -0.4 is 15.4 Å². The smallest absolute Gasteiger partial charge is 0.225 e. The standard InChI is InChI=1S/C23H34N4O2/c1-3-15-29-21-12-8-7-11-19(21)16-25-23(24-2)26-20-13-14-27(17-20)22(28)18-9-5-4-6-10-18/h3,7-8,11-12,18,20H,1,4-6,9-10,13-17H2,2H3,(H2,24,25,26). The van der Waals surface area contributed by atoms with Gasteiger partial charge in [0.2, 0.25) is 5.91 Å². The van der Waals surface area contributed by atoms with E-state index in [2.05, 4.69) is 22.2 Å². The summed E-state index contributed by atoms with van der Waals surface area (Å²) in [6.45, 7) is 6.39. The van der Waals surface area contributed by atoms with Crippen LogP contribution in [0.25, 0.3) is 0 Å². The summed E-state index contributed by atoms with van der Waals surface area (Å²) in [5.74, 6) is 2.19. The first-order chi connectivity index (χ1) is 14.2. The average molecular weight is 399 g/mol. The SMILES string of the molecule is C=CCOc1ccccc1CNC(=NC)NC1CCN(C(=O)C2CCCCC2)C1. The van der Waals surface area contributed by atoms with Gasteiger partial charge in [-0.25, -0.2) is 0 Å². The number of benzene rings is 1. The van der Waals surface area contributed by atoms with Crippen molar-refractivity contribution in [2.24, 2.45) is 10.9 Å². The van der Waals surface area contributed by atoms with Gasteiger partial charge in [-0.3, -0.25) is 9.79 Å². The number of nitrogens with one attached hydrogen (secondary N) is 2. The number of guanidine groups is 1. The van der Waals surface area contributed by atoms with Gasteiger partial charge >= 0.3 is 0 Å². The molecule has 158 valence electrons. The Morgan fingerprint density at radius 2 is 2.07 bits per heavy atom. The molecule has 3 rings (SSSR count). The van der Waals surface area contributed by atoms with Crippen molar-refractivity contribution >= 4 is 11.9 Å². The Morgan fingerprint density at radius 3 is 2.83 bits per heavy atom. The molecule has 0 aromatic heterocycles. The molecule has 6 nitrogen and oxygen atoms in total. The van der Waals surface area contributed by atoms with E-state index in [4.69, 9.17) is 4.74 Å². The third-order valence-corrected chi connectivity index (χ3v) is 5.79. The van der Waals surface area contributed by atoms with Crippen molar-refractivity contribution in [1.82, 2.24) is 15.5 Å². The van der Waals surface area contributed by atoms with Crippen LogP contribution in [0.2, 0.25) is 0 Å². The van der Waals surface area contributed by atoms with E-state index in [1.54, 1.807) is 13.1 Å². The highest BCUT2D eigenvalue weighted by molar-refractivity contribution is 5.81. The normalized spacial score (nSPS) is 20.4. The molecule has 1 saturated carbocycles. The molecule has 1 amide bonds. The van der Waals surface area contributed by atoms with Crippen molar-refractivity contribution in [3.63, 3.8) is 0 Å². The second kappa shape index (κ2) is 10.9. The fourth-order valence-electron chi connectivity index (χ4n) is 4.19. The van der Waals surface area contributed by atoms with Gasteiger partial charge in [-0.2, -0.15) is 0 Å². The summed E-state index contributed by atoms with van der Waals surface area (Å²) >= 11 is 0. The molecule has 1 aliphatic heterocycles. The van der Waals surface area contributed by atoms with E-state index in [9.17, 15) is 4.79 Å². The third kappa shape index (κ3) is 5.99. The van der Waals surface area contributed by atoms with Gasteiger partial charge in [-0.1, -0.05) is 50.1 Å². The van der Waals surface area contributed by atoms with Gasteiger partial charge in [-0.15, -0.1) is 0 Å². The second-order valence-corrected chi connectivity index (χ2v) is 7.88. The summed E-state index contributed by atoms with van der Waals surface area (Å²) in [4.78, 5) is 19.2. The third-order valence-electron chi connectivity index (χ3n) is 5.79. The zero-order valence-electron chi connectivity index (χ0n) is 17.5. The van der Waals surface area contributed by atoms with Crippen LogP contribution in [0, 0.1) is 5.92 Å². The Balaban J connectivity index is 1.48. The van der Waals surface area contributed by atoms with E-state index in [0.29, 0.717) is 19.1 Å². The maximum atomic E-state index is 12.8. The minimum atomic E-state index is 0.237. The minimum Gasteiger partial charge on any atom is -0.489 e. The lowest BCUT2D eigenvalue weighted by atomic mass is 9.88. The Hall–Kier alpha value is -2.50. The van der Waals surface area contributed by atoms with Gasteiger partial charge in [0, 0.05) is 44.2 Å². The number of ether oxygens (including phenoxy) is 1. The molecule has 6 heteroatoms. The molecule has 1 aromatic carbocycles. The molecule has 1 aliphatic carbocycles. The van der Waals surface area contributed by atoms with Gasteiger partial charge in [0.25, 0.3) is 0 Å². The monoisotopic (exact) mass is 398 g/mol. The quantitative estimate of drug-likeness (QED) is 0.421. The highest BCUT2D eigenvalue weighted by atomic mass is 16.5. The van der Waals surface area contributed by atoms with Crippen LogP contribution in [0.5, 0.6) is 5.75 Å². The highest BCUT2D eigenvalue weighted by Crippen LogP contribution is 2.26. The second-order valence-electron chi connectivity index (χ2n) is 7.88. The number of rotatable bonds is 7. The largest absolute Gasteiger partial charge is 0.489 e. The lowest BCUT2D eigenvalue weighted by Gasteiger charge is -2.26. The van der Waals surface area contributed by atoms with E-state index < -0.39 is 0 Å². The van der Waals surface area contributed by atoms with Crippen LogP contribution in [-0.4, -0.2) is 49.6 Å². The Morgan fingerprint density at radius 1 is 1.28 bits per heavy atom. The van der Waals surface area contributed by atoms with E-state index in [-0.39, 0.29) is 12.0 Å². The van der Waals surface area contributed by atoms with Crippen molar-refractivity contribution in [2.45, 2.75) is 51.1 Å². The molecule has 1 aromatic rings. The number of para-hydroxylation sites is 1. The Bertz CT molecular complexity index is 713. The van der Waals surface area contributed by atoms with Gasteiger partial charge in [-0.05, 0) is 25.3 Å². The molecule has 1 saturated heterocycles. The van der Waals surface area contributed by atoms with Gasteiger partial charge in [0.1, 0.15) is 12.4 Å². The summed E-state index contributed by atoms with van der Waals surface area (Å²) in [6, 6.07) is 8.20. The number of carbonyl (C=O) groups is 1. The van der Waals surface area contributed by atoms with Crippen LogP contribution in [-0.2, 0) is 11.3 Å². The first kappa shape index (κ1) is 21.2. The summed E-state index contributed by atoms with van der Waals surface area (Å²) < 4.78 is 5.72. The fraction of sp³-hybridized carbons (Fsp3) is 0.565. The summed E-state index contributed by atoms with van der Waals surface area (Å²) in [5.41, 5.74) is 1.07. The van der Waals surface area contributed by atoms with Crippen LogP contribution >= 0.6 is 0 Å². The molecule has 1 heterocycles. The lowest BCUT2D eigenvalue weighted by Crippen LogP contribution is -2.45. The van der Waals surface area contributed by atoms with Crippen LogP contribution in [0.15, 0.2) is 41.9 Å². The first-order valence-corrected chi connectivity index (χ1v) is 10.8. The van der Waals surface area contributed by atoms with Gasteiger partial charge in [0.05, 0.1) is 0 Å². The predicted octanol–water partition coefficient (Wildman–Crippen LogP) is 3.10. The fourth-order valence-corrected chi connectivity index (χ4v) is 4.19. The molecule has 1 unspecified atom stereocenters. The molecular formula is C23H34N4O2. The maximum Gasteiger partial charge on any atom is 0.225 e. The number of nitrogens with zero attached hydrogens (tertiary/aromatic N) is 2. The van der Waals surface area contributed by atoms with Crippen LogP contribution in [0.1, 0.15) is 44.1 Å². The summed E-state index contributed by atoms with van der Waals surface area (Å²) in [5, 5.41) is 6.84. The zero-order valence-corrected chi connectivity index (χ0v) is 17.5. The van der Waals surface area contributed by atoms with E-state index in [1.165, 1.54) is 19.3 Å². The molecule has 0 bridgehead atoms. The van der Waals surface area contributed by atoms with Crippen molar-refractivity contribution in [3.05, 3.63) is 42.5 Å². The highest BCUT2D eigenvalue weighted by Gasteiger charge is 2.31. The number of carbonyl (C=O) groups excluding carboxylic acids is 1. The Labute approximate surface area is 174 Å². The maximum absolute atomic E-state index is 12.8. The van der Waals surface area contributed by atoms with Crippen molar-refractivity contribution in [1.29, 1.82) is 0 Å². The van der Waals surface area contributed by atoms with Crippen molar-refractivity contribution in [2.75, 3.05) is 26.7 Å². The molecule has 2 N–H and O–H groups in total. The van der Waals surface area contributed by atoms with E-state index in [0.717, 1.165) is 49.6 Å². The number of aliphatic imine (C=N–C) groups is 1. The van der Waals surface area contributed by atoms with Crippen molar-refractivity contribution in [3.8, 4) is 5.75 Å².